The van der Waals surface area contributed by atoms with Gasteiger partial charge >= 0.3 is 5.97 Å². The lowest BCUT2D eigenvalue weighted by atomic mass is 9.92. The number of phenolic OH excluding ortho intramolecular Hbond substituents is 2. The smallest absolute Gasteiger partial charge is 0.347 e. The van der Waals surface area contributed by atoms with Crippen molar-refractivity contribution in [3.8, 4) is 17.2 Å². The van der Waals surface area contributed by atoms with E-state index in [0.29, 0.717) is 27.8 Å². The van der Waals surface area contributed by atoms with Crippen LogP contribution in [0.25, 0.3) is 0 Å². The molecule has 29 heavy (non-hydrogen) atoms. The molecule has 0 saturated heterocycles. The van der Waals surface area contributed by atoms with Gasteiger partial charge in [-0.25, -0.2) is 4.79 Å². The Morgan fingerprint density at radius 2 is 1.45 bits per heavy atom. The minimum absolute atomic E-state index is 0.0237. The number of rotatable bonds is 5. The summed E-state index contributed by atoms with van der Waals surface area (Å²) in [5.74, 6) is -0.777. The maximum absolute atomic E-state index is 12.8. The molecule has 0 aliphatic rings. The number of carbonyl (C=O) groups is 2. The first-order chi connectivity index (χ1) is 13.8. The summed E-state index contributed by atoms with van der Waals surface area (Å²) in [6.45, 7) is 5.13. The SMILES string of the molecule is Cc1c(C)c(OC(=O)c2ccccc2O)c(CC(=O)c2ccccc2)c(C)c1O. The average molecular weight is 390 g/mol. The fourth-order valence-electron chi connectivity index (χ4n) is 3.20. The van der Waals surface area contributed by atoms with E-state index in [1.807, 2.05) is 6.07 Å². The summed E-state index contributed by atoms with van der Waals surface area (Å²) < 4.78 is 5.63. The molecule has 0 amide bonds. The van der Waals surface area contributed by atoms with Crippen molar-refractivity contribution in [1.82, 2.24) is 0 Å². The number of hydrogen-bond acceptors (Lipinski definition) is 5. The third-order valence-electron chi connectivity index (χ3n) is 5.09. The minimum Gasteiger partial charge on any atom is -0.507 e. The number of hydrogen-bond donors (Lipinski definition) is 2. The summed E-state index contributed by atoms with van der Waals surface area (Å²) in [4.78, 5) is 25.4. The van der Waals surface area contributed by atoms with E-state index in [4.69, 9.17) is 4.74 Å². The second-order valence-corrected chi connectivity index (χ2v) is 6.90. The van der Waals surface area contributed by atoms with E-state index in [1.165, 1.54) is 12.1 Å². The second-order valence-electron chi connectivity index (χ2n) is 6.90. The minimum atomic E-state index is -0.732. The Morgan fingerprint density at radius 1 is 0.828 bits per heavy atom. The largest absolute Gasteiger partial charge is 0.507 e. The molecule has 0 aromatic heterocycles. The summed E-state index contributed by atoms with van der Waals surface area (Å²) >= 11 is 0. The van der Waals surface area contributed by atoms with E-state index in [-0.39, 0.29) is 35.0 Å². The molecule has 0 bridgehead atoms. The number of esters is 1. The van der Waals surface area contributed by atoms with Gasteiger partial charge in [-0.05, 0) is 49.6 Å². The van der Waals surface area contributed by atoms with Crippen molar-refractivity contribution in [3.05, 3.63) is 88.0 Å². The molecule has 3 aromatic rings. The molecule has 0 unspecified atom stereocenters. The standard InChI is InChI=1S/C24H22O5/c1-14-15(2)23(29-24(28)18-11-7-8-12-20(18)25)19(16(3)22(14)27)13-21(26)17-9-5-4-6-10-17/h4-12,25,27H,13H2,1-3H3. The third-order valence-corrected chi connectivity index (χ3v) is 5.09. The van der Waals surface area contributed by atoms with Crippen molar-refractivity contribution in [2.24, 2.45) is 0 Å². The van der Waals surface area contributed by atoms with E-state index in [0.717, 1.165) is 0 Å². The summed E-state index contributed by atoms with van der Waals surface area (Å²) in [5.41, 5.74) is 2.62. The van der Waals surface area contributed by atoms with Crippen molar-refractivity contribution in [1.29, 1.82) is 0 Å². The van der Waals surface area contributed by atoms with Gasteiger partial charge in [-0.15, -0.1) is 0 Å². The number of ketones is 1. The first kappa shape index (κ1) is 20.1. The Hall–Kier alpha value is -3.60. The van der Waals surface area contributed by atoms with Gasteiger partial charge in [-0.2, -0.15) is 0 Å². The second kappa shape index (κ2) is 8.19. The Kier molecular flexibility index (Phi) is 5.69. The zero-order valence-electron chi connectivity index (χ0n) is 16.5. The maximum Gasteiger partial charge on any atom is 0.347 e. The number of Topliss-reactive ketones (excluding diaryl/α,β-unsaturated/α-hetero) is 1. The summed E-state index contributed by atoms with van der Waals surface area (Å²) in [6.07, 6.45) is -0.0338. The third kappa shape index (κ3) is 3.99. The summed E-state index contributed by atoms with van der Waals surface area (Å²) in [7, 11) is 0. The van der Waals surface area contributed by atoms with Gasteiger partial charge in [0.05, 0.1) is 0 Å². The number of para-hydroxylation sites is 1. The highest BCUT2D eigenvalue weighted by Crippen LogP contribution is 2.38. The topological polar surface area (TPSA) is 83.8 Å². The Labute approximate surface area is 169 Å². The lowest BCUT2D eigenvalue weighted by Gasteiger charge is -2.19. The Bertz CT molecular complexity index is 1080. The zero-order chi connectivity index (χ0) is 21.1. The first-order valence-electron chi connectivity index (χ1n) is 9.21. The normalized spacial score (nSPS) is 10.6. The fraction of sp³-hybridized carbons (Fsp3) is 0.167. The first-order valence-corrected chi connectivity index (χ1v) is 9.21. The van der Waals surface area contributed by atoms with E-state index in [9.17, 15) is 19.8 Å². The highest BCUT2D eigenvalue weighted by atomic mass is 16.5. The molecule has 5 nitrogen and oxygen atoms in total. The van der Waals surface area contributed by atoms with Crippen LogP contribution < -0.4 is 4.74 Å². The molecule has 2 N–H and O–H groups in total. The van der Waals surface area contributed by atoms with Crippen LogP contribution in [-0.2, 0) is 6.42 Å². The van der Waals surface area contributed by atoms with Crippen LogP contribution >= 0.6 is 0 Å². The van der Waals surface area contributed by atoms with Crippen LogP contribution in [0.5, 0.6) is 17.2 Å². The lowest BCUT2D eigenvalue weighted by Crippen LogP contribution is -2.14. The van der Waals surface area contributed by atoms with Gasteiger partial charge in [0.2, 0.25) is 0 Å². The molecule has 0 atom stereocenters. The molecule has 3 aromatic carbocycles. The van der Waals surface area contributed by atoms with Gasteiger partial charge in [0.25, 0.3) is 0 Å². The van der Waals surface area contributed by atoms with Crippen LogP contribution in [0, 0.1) is 20.8 Å². The van der Waals surface area contributed by atoms with Crippen molar-refractivity contribution < 1.29 is 24.5 Å². The van der Waals surface area contributed by atoms with Crippen molar-refractivity contribution >= 4 is 11.8 Å². The quantitative estimate of drug-likeness (QED) is 0.376. The van der Waals surface area contributed by atoms with Crippen LogP contribution in [0.15, 0.2) is 54.6 Å². The molecule has 0 spiro atoms. The van der Waals surface area contributed by atoms with Crippen LogP contribution in [0.1, 0.15) is 43.0 Å². The fourth-order valence-corrected chi connectivity index (χ4v) is 3.20. The molecular weight excluding hydrogens is 368 g/mol. The predicted molar refractivity (Wildman–Crippen MR) is 110 cm³/mol. The number of aromatic hydroxyl groups is 2. The van der Waals surface area contributed by atoms with E-state index in [1.54, 1.807) is 57.2 Å². The lowest BCUT2D eigenvalue weighted by molar-refractivity contribution is 0.0726. The van der Waals surface area contributed by atoms with E-state index in [2.05, 4.69) is 0 Å². The monoisotopic (exact) mass is 390 g/mol. The Morgan fingerprint density at radius 3 is 2.10 bits per heavy atom. The van der Waals surface area contributed by atoms with Crippen LogP contribution in [0.2, 0.25) is 0 Å². The molecule has 3 rings (SSSR count). The van der Waals surface area contributed by atoms with E-state index >= 15 is 0 Å². The van der Waals surface area contributed by atoms with Gasteiger partial charge in [0.1, 0.15) is 22.8 Å². The average Bonchev–Trinajstić information content (AvgIpc) is 2.73. The molecule has 0 fully saturated rings. The number of phenols is 2. The predicted octanol–water partition coefficient (Wildman–Crippen LogP) is 4.67. The van der Waals surface area contributed by atoms with Gasteiger partial charge < -0.3 is 14.9 Å². The maximum atomic E-state index is 12.8. The highest BCUT2D eigenvalue weighted by Gasteiger charge is 2.24. The van der Waals surface area contributed by atoms with Crippen molar-refractivity contribution in [3.63, 3.8) is 0 Å². The van der Waals surface area contributed by atoms with Crippen LogP contribution in [-0.4, -0.2) is 22.0 Å². The van der Waals surface area contributed by atoms with Gasteiger partial charge in [-0.1, -0.05) is 42.5 Å². The molecule has 5 heteroatoms. The van der Waals surface area contributed by atoms with Crippen LogP contribution in [0.3, 0.4) is 0 Å². The van der Waals surface area contributed by atoms with E-state index < -0.39 is 5.97 Å². The van der Waals surface area contributed by atoms with Crippen molar-refractivity contribution in [2.75, 3.05) is 0 Å². The molecule has 0 aliphatic carbocycles. The molecule has 148 valence electrons. The zero-order valence-corrected chi connectivity index (χ0v) is 16.5. The highest BCUT2D eigenvalue weighted by molar-refractivity contribution is 5.99. The molecule has 0 radical (unpaired) electrons. The van der Waals surface area contributed by atoms with Crippen LogP contribution in [0.4, 0.5) is 0 Å². The molecule has 0 heterocycles. The van der Waals surface area contributed by atoms with Crippen molar-refractivity contribution in [2.45, 2.75) is 27.2 Å². The number of carbonyl (C=O) groups excluding carboxylic acids is 2. The Balaban J connectivity index is 2.05. The molecular formula is C24H22O5. The summed E-state index contributed by atoms with van der Waals surface area (Å²) in [6, 6.07) is 14.9. The number of ether oxygens (including phenoxy) is 1. The van der Waals surface area contributed by atoms with Gasteiger partial charge in [0, 0.05) is 17.5 Å². The molecule has 0 aliphatic heterocycles. The van der Waals surface area contributed by atoms with Gasteiger partial charge in [-0.3, -0.25) is 4.79 Å². The molecule has 0 saturated carbocycles. The summed E-state index contributed by atoms with van der Waals surface area (Å²) in [5, 5.41) is 20.4. The number of benzene rings is 3. The van der Waals surface area contributed by atoms with Gasteiger partial charge in [0.15, 0.2) is 5.78 Å².